The molecule has 0 spiro atoms. The van der Waals surface area contributed by atoms with Gasteiger partial charge in [0.15, 0.2) is 0 Å². The van der Waals surface area contributed by atoms with Crippen molar-refractivity contribution in [3.8, 4) is 62.3 Å². The van der Waals surface area contributed by atoms with Gasteiger partial charge in [-0.3, -0.25) is 0 Å². The van der Waals surface area contributed by atoms with E-state index in [1.165, 1.54) is 173 Å². The molecule has 6 aliphatic rings. The number of ether oxygens (including phenoxy) is 2. The molecular formula is C108H119GeN3O2. The quantitative estimate of drug-likeness (QED) is 0.155. The van der Waals surface area contributed by atoms with Gasteiger partial charge >= 0.3 is 603 Å². The van der Waals surface area contributed by atoms with Gasteiger partial charge in [0.1, 0.15) is 0 Å². The van der Waals surface area contributed by atoms with Crippen molar-refractivity contribution in [1.82, 2.24) is 13.7 Å². The van der Waals surface area contributed by atoms with Crippen molar-refractivity contribution in [3.05, 3.63) is 239 Å². The summed E-state index contributed by atoms with van der Waals surface area (Å²) in [5, 5.41) is 7.51. The van der Waals surface area contributed by atoms with Crippen LogP contribution in [-0.2, 0) is 43.3 Å². The van der Waals surface area contributed by atoms with E-state index < -0.39 is 13.3 Å². The molecule has 0 atom stereocenters. The van der Waals surface area contributed by atoms with Gasteiger partial charge in [0.2, 0.25) is 0 Å². The Morgan fingerprint density at radius 1 is 0.254 bits per heavy atom. The molecule has 20 rings (SSSR count). The third-order valence-electron chi connectivity index (χ3n) is 28.0. The molecule has 0 N–H and O–H groups in total. The summed E-state index contributed by atoms with van der Waals surface area (Å²) in [5.41, 5.74) is 25.5. The van der Waals surface area contributed by atoms with Crippen molar-refractivity contribution in [1.29, 1.82) is 0 Å². The molecule has 3 aromatic heterocycles. The fourth-order valence-electron chi connectivity index (χ4n) is 21.8. The van der Waals surface area contributed by atoms with Crippen LogP contribution in [0.2, 0.25) is 4.25 Å². The fourth-order valence-corrected chi connectivity index (χ4v) is 36.3. The molecule has 2 aliphatic heterocycles. The first kappa shape index (κ1) is 75.0. The zero-order valence-electron chi connectivity index (χ0n) is 72.6. The molecule has 11 aromatic carbocycles. The summed E-state index contributed by atoms with van der Waals surface area (Å²) in [6.45, 7) is 56.5. The predicted octanol–water partition coefficient (Wildman–Crippen LogP) is 28.3. The van der Waals surface area contributed by atoms with Crippen LogP contribution in [0.1, 0.15) is 249 Å². The van der Waals surface area contributed by atoms with Gasteiger partial charge in [-0.15, -0.1) is 0 Å². The van der Waals surface area contributed by atoms with Gasteiger partial charge in [-0.2, -0.15) is 0 Å². The molecule has 5 heterocycles. The smallest absolute Gasteiger partial charge is 0.0561 e. The summed E-state index contributed by atoms with van der Waals surface area (Å²) in [6.07, 6.45) is 7.73. The summed E-state index contributed by atoms with van der Waals surface area (Å²) >= 11 is -4.32. The van der Waals surface area contributed by atoms with Crippen molar-refractivity contribution in [2.75, 3.05) is 0 Å². The zero-order chi connectivity index (χ0) is 80.4. The number of aromatic nitrogens is 3. The summed E-state index contributed by atoms with van der Waals surface area (Å²) < 4.78 is 28.6. The van der Waals surface area contributed by atoms with Crippen LogP contribution in [0.5, 0.6) is 23.0 Å². The average Bonchev–Trinajstić information content (AvgIpc) is 0.666. The second-order valence-corrected chi connectivity index (χ2v) is 53.0. The Hall–Kier alpha value is -9.04. The summed E-state index contributed by atoms with van der Waals surface area (Å²) in [7, 11) is 0. The van der Waals surface area contributed by atoms with Gasteiger partial charge in [0.05, 0.1) is 0 Å². The molecule has 582 valence electrons. The Balaban J connectivity index is 0.936. The van der Waals surface area contributed by atoms with E-state index in [0.29, 0.717) is 17.8 Å². The molecule has 0 unspecified atom stereocenters. The molecule has 4 saturated carbocycles. The van der Waals surface area contributed by atoms with Crippen LogP contribution >= 0.6 is 0 Å². The minimum absolute atomic E-state index is 0.0175. The van der Waals surface area contributed by atoms with Crippen LogP contribution < -0.4 is 22.7 Å². The van der Waals surface area contributed by atoms with E-state index in [2.05, 4.69) is 374 Å². The molecule has 0 amide bonds. The molecule has 0 radical (unpaired) electrons. The third kappa shape index (κ3) is 11.8. The fraction of sp³-hybridized carbons (Fsp3) is 0.389. The second kappa shape index (κ2) is 24.8. The Morgan fingerprint density at radius 3 is 0.807 bits per heavy atom. The van der Waals surface area contributed by atoms with E-state index in [9.17, 15) is 0 Å². The zero-order valence-corrected chi connectivity index (χ0v) is 74.7. The first-order chi connectivity index (χ1) is 53.4. The van der Waals surface area contributed by atoms with Crippen LogP contribution in [0.3, 0.4) is 0 Å². The summed E-state index contributed by atoms with van der Waals surface area (Å²) in [6, 6.07) is 78.8. The van der Waals surface area contributed by atoms with Gasteiger partial charge in [-0.05, 0) is 0 Å². The molecule has 5 nitrogen and oxygen atoms in total. The molecule has 0 saturated heterocycles. The minimum Gasteiger partial charge on any atom is -0.0561 e. The van der Waals surface area contributed by atoms with Crippen LogP contribution in [0.25, 0.3) is 105 Å². The number of hydrogen-bond donors (Lipinski definition) is 0. The van der Waals surface area contributed by atoms with Crippen molar-refractivity contribution >= 4 is 91.9 Å². The minimum atomic E-state index is -4.32. The summed E-state index contributed by atoms with van der Waals surface area (Å²) in [4.78, 5) is 0. The number of benzene rings is 11. The van der Waals surface area contributed by atoms with Gasteiger partial charge < -0.3 is 0 Å². The number of rotatable bonds is 6. The van der Waals surface area contributed by atoms with Gasteiger partial charge in [-0.1, -0.05) is 83.1 Å². The van der Waals surface area contributed by atoms with Crippen molar-refractivity contribution in [2.24, 2.45) is 17.8 Å². The van der Waals surface area contributed by atoms with Crippen LogP contribution in [-0.4, -0.2) is 27.0 Å². The van der Waals surface area contributed by atoms with Crippen LogP contribution in [0.15, 0.2) is 194 Å². The molecule has 4 fully saturated rings. The van der Waals surface area contributed by atoms with E-state index in [1.54, 1.807) is 0 Å². The third-order valence-corrected chi connectivity index (χ3v) is 40.3. The van der Waals surface area contributed by atoms with Crippen LogP contribution in [0, 0.1) is 17.8 Å². The maximum absolute atomic E-state index is 8.27. The van der Waals surface area contributed by atoms with E-state index in [0.717, 1.165) is 51.1 Å². The van der Waals surface area contributed by atoms with Crippen LogP contribution in [0.4, 0.5) is 0 Å². The van der Waals surface area contributed by atoms with E-state index in [-0.39, 0.29) is 47.6 Å². The average molecular weight is 1560 g/mol. The SMILES string of the molecule is CC(C)(C)c1cc(-c2ccc3c4ccc(-c5cc(C(C)(C)C)cc(C(C)(C)C)c5)cc4n(-c4cc5[c]6c(c4)Oc4cc(-n7c8cc(C(C)(C)C)ccc8c8ccc(C(C)(C)C)cc87)cc[c]4[Ge]6([C]46CC7CC(CC(C7)C4)C6)[c]4ccc(-n6c7cc(C(C)(C)C)ccc7c7ccc(C(C)(C)C)cc76)cc4O5)c3c2)cc(C(C)(C)C)c1. The Bertz CT molecular complexity index is 5810. The monoisotopic (exact) mass is 1560 g/mol. The number of hydrogen-bond acceptors (Lipinski definition) is 2. The molecular weight excluding hydrogens is 1440 g/mol. The number of fused-ring (bicyclic) bond motifs is 13. The Labute approximate surface area is 681 Å². The van der Waals surface area contributed by atoms with Gasteiger partial charge in [-0.25, -0.2) is 0 Å². The summed E-state index contributed by atoms with van der Waals surface area (Å²) in [5.74, 6) is 5.98. The molecule has 6 heteroatoms. The normalized spacial score (nSPS) is 19.0. The first-order valence-corrected chi connectivity index (χ1v) is 47.0. The molecule has 14 aromatic rings. The Kier molecular flexibility index (Phi) is 16.3. The van der Waals surface area contributed by atoms with E-state index in [4.69, 9.17) is 9.47 Å². The first-order valence-electron chi connectivity index (χ1n) is 42.8. The Morgan fingerprint density at radius 2 is 0.518 bits per heavy atom. The van der Waals surface area contributed by atoms with Crippen molar-refractivity contribution in [2.45, 2.75) is 252 Å². The van der Waals surface area contributed by atoms with Crippen molar-refractivity contribution < 1.29 is 9.47 Å². The van der Waals surface area contributed by atoms with E-state index >= 15 is 0 Å². The molecule has 4 aliphatic carbocycles. The maximum atomic E-state index is 8.27. The van der Waals surface area contributed by atoms with Gasteiger partial charge in [0, 0.05) is 0 Å². The molecule has 114 heavy (non-hydrogen) atoms. The standard InChI is InChI=1S/C108H119GeN3O2/c1-100(2,3)70-27-35-83-84-36-28-71(101(4,5)6)53-92(84)110(91(83)52-70)78-31-39-87-95(56-78)113-97-58-80(112-89-48-66(68-44-74(104(13,14)15)50-75(45-68)105(16,17)18)25-33-81(89)82-34-26-67(49-90(82)112)69-46-76(106(19,20)21)51-77(47-69)107(22,23)24)59-98-99(97)109(87,108-60-63-41-64(61-108)43-65(42-63)62-108)88-40-32-79(57-96(88)114-98)111-93-54-72(102(7,8)9)29-37-85(93)86-38-30-73(55-94(86)111)103(10,11)12/h25-40,44-59,63-65H,41-43,60-62H2,1-24H3. The number of nitrogens with zero attached hydrogens (tertiary/aromatic N) is 3. The van der Waals surface area contributed by atoms with Crippen molar-refractivity contribution in [3.63, 3.8) is 0 Å². The second-order valence-electron chi connectivity index (χ2n) is 44.3. The predicted molar refractivity (Wildman–Crippen MR) is 488 cm³/mol. The topological polar surface area (TPSA) is 33.2 Å². The van der Waals surface area contributed by atoms with Gasteiger partial charge in [0.25, 0.3) is 0 Å². The van der Waals surface area contributed by atoms with E-state index in [1.807, 2.05) is 0 Å². The molecule has 4 bridgehead atoms.